The molecular weight excluding hydrogens is 228 g/mol. The number of ether oxygens (including phenoxy) is 1. The molecule has 1 N–H and O–H groups in total. The minimum Gasteiger partial charge on any atom is -0.366 e. The Morgan fingerprint density at radius 3 is 3.06 bits per heavy atom. The number of hydrogen-bond donors (Lipinski definition) is 1. The SMILES string of the molecule is C[C@@H]1Cc2ccccc2N1C(=O)[C@@H]1CNCCO1. The fourth-order valence-corrected chi connectivity index (χ4v) is 2.78. The van der Waals surface area contributed by atoms with Crippen LogP contribution in [-0.2, 0) is 16.0 Å². The molecule has 3 rings (SSSR count). The molecule has 1 saturated heterocycles. The minimum absolute atomic E-state index is 0.0830. The number of carbonyl (C=O) groups excluding carboxylic acids is 1. The van der Waals surface area contributed by atoms with Crippen LogP contribution in [0.25, 0.3) is 0 Å². The van der Waals surface area contributed by atoms with Crippen molar-refractivity contribution >= 4 is 11.6 Å². The lowest BCUT2D eigenvalue weighted by Gasteiger charge is -2.30. The summed E-state index contributed by atoms with van der Waals surface area (Å²) in [5, 5.41) is 3.21. The van der Waals surface area contributed by atoms with E-state index in [9.17, 15) is 4.79 Å². The van der Waals surface area contributed by atoms with Gasteiger partial charge in [-0.1, -0.05) is 18.2 Å². The topological polar surface area (TPSA) is 41.6 Å². The third-order valence-corrected chi connectivity index (χ3v) is 3.65. The van der Waals surface area contributed by atoms with E-state index >= 15 is 0 Å². The average Bonchev–Trinajstić information content (AvgIpc) is 2.75. The van der Waals surface area contributed by atoms with Gasteiger partial charge in [0, 0.05) is 24.8 Å². The summed E-state index contributed by atoms with van der Waals surface area (Å²) in [6.07, 6.45) is 0.592. The molecule has 1 aromatic carbocycles. The van der Waals surface area contributed by atoms with Crippen LogP contribution in [0.3, 0.4) is 0 Å². The van der Waals surface area contributed by atoms with Crippen molar-refractivity contribution in [3.63, 3.8) is 0 Å². The number of para-hydroxylation sites is 1. The number of benzene rings is 1. The minimum atomic E-state index is -0.340. The van der Waals surface area contributed by atoms with Crippen molar-refractivity contribution in [3.05, 3.63) is 29.8 Å². The second-order valence-corrected chi connectivity index (χ2v) is 4.95. The van der Waals surface area contributed by atoms with Gasteiger partial charge in [0.1, 0.15) is 6.10 Å². The summed E-state index contributed by atoms with van der Waals surface area (Å²) in [6, 6.07) is 8.35. The lowest BCUT2D eigenvalue weighted by molar-refractivity contribution is -0.131. The monoisotopic (exact) mass is 246 g/mol. The molecule has 0 aromatic heterocycles. The van der Waals surface area contributed by atoms with Gasteiger partial charge < -0.3 is 15.0 Å². The Morgan fingerprint density at radius 2 is 2.28 bits per heavy atom. The molecule has 4 heteroatoms. The van der Waals surface area contributed by atoms with Crippen molar-refractivity contribution in [2.45, 2.75) is 25.5 Å². The molecule has 0 radical (unpaired) electrons. The summed E-state index contributed by atoms with van der Waals surface area (Å²) in [5.74, 6) is 0.0830. The Balaban J connectivity index is 1.85. The van der Waals surface area contributed by atoms with Crippen LogP contribution in [-0.4, -0.2) is 37.7 Å². The third-order valence-electron chi connectivity index (χ3n) is 3.65. The second kappa shape index (κ2) is 4.71. The van der Waals surface area contributed by atoms with Gasteiger partial charge >= 0.3 is 0 Å². The third kappa shape index (κ3) is 1.91. The van der Waals surface area contributed by atoms with Crippen LogP contribution < -0.4 is 10.2 Å². The molecule has 1 fully saturated rings. The zero-order valence-corrected chi connectivity index (χ0v) is 10.6. The van der Waals surface area contributed by atoms with E-state index in [-0.39, 0.29) is 18.1 Å². The number of morpholine rings is 1. The molecule has 2 aliphatic rings. The lowest BCUT2D eigenvalue weighted by atomic mass is 10.1. The van der Waals surface area contributed by atoms with E-state index in [1.165, 1.54) is 5.56 Å². The molecule has 0 saturated carbocycles. The predicted molar refractivity (Wildman–Crippen MR) is 69.7 cm³/mol. The van der Waals surface area contributed by atoms with Crippen LogP contribution in [0.2, 0.25) is 0 Å². The highest BCUT2D eigenvalue weighted by Crippen LogP contribution is 2.32. The molecule has 0 spiro atoms. The number of nitrogens with zero attached hydrogens (tertiary/aromatic N) is 1. The van der Waals surface area contributed by atoms with Crippen LogP contribution in [0.1, 0.15) is 12.5 Å². The summed E-state index contributed by atoms with van der Waals surface area (Å²) in [4.78, 5) is 14.4. The fraction of sp³-hybridized carbons (Fsp3) is 0.500. The lowest BCUT2D eigenvalue weighted by Crippen LogP contribution is -2.51. The summed E-state index contributed by atoms with van der Waals surface area (Å²) < 4.78 is 5.56. The van der Waals surface area contributed by atoms with E-state index in [0.717, 1.165) is 18.7 Å². The second-order valence-electron chi connectivity index (χ2n) is 4.95. The van der Waals surface area contributed by atoms with E-state index in [2.05, 4.69) is 18.3 Å². The Labute approximate surface area is 107 Å². The molecule has 1 amide bonds. The van der Waals surface area contributed by atoms with E-state index in [4.69, 9.17) is 4.74 Å². The maximum absolute atomic E-state index is 12.5. The van der Waals surface area contributed by atoms with Crippen LogP contribution >= 0.6 is 0 Å². The van der Waals surface area contributed by atoms with E-state index < -0.39 is 0 Å². The van der Waals surface area contributed by atoms with Crippen LogP contribution in [0, 0.1) is 0 Å². The van der Waals surface area contributed by atoms with Gasteiger partial charge in [0.15, 0.2) is 0 Å². The quantitative estimate of drug-likeness (QED) is 0.802. The Morgan fingerprint density at radius 1 is 1.44 bits per heavy atom. The number of nitrogens with one attached hydrogen (secondary N) is 1. The first-order valence-electron chi connectivity index (χ1n) is 6.50. The Hall–Kier alpha value is -1.39. The fourth-order valence-electron chi connectivity index (χ4n) is 2.78. The number of rotatable bonds is 1. The van der Waals surface area contributed by atoms with Gasteiger partial charge in [-0.25, -0.2) is 0 Å². The van der Waals surface area contributed by atoms with Gasteiger partial charge in [0.05, 0.1) is 6.61 Å². The van der Waals surface area contributed by atoms with Crippen LogP contribution in [0.15, 0.2) is 24.3 Å². The van der Waals surface area contributed by atoms with E-state index in [1.54, 1.807) is 0 Å². The van der Waals surface area contributed by atoms with Gasteiger partial charge in [-0.2, -0.15) is 0 Å². The standard InChI is InChI=1S/C14H18N2O2/c1-10-8-11-4-2-3-5-12(11)16(10)14(17)13-9-15-6-7-18-13/h2-5,10,13,15H,6-9H2,1H3/t10-,13+/m1/s1. The normalized spacial score (nSPS) is 27.1. The molecule has 18 heavy (non-hydrogen) atoms. The summed E-state index contributed by atoms with van der Waals surface area (Å²) in [5.41, 5.74) is 2.30. The number of hydrogen-bond acceptors (Lipinski definition) is 3. The van der Waals surface area contributed by atoms with Crippen molar-refractivity contribution in [3.8, 4) is 0 Å². The molecule has 2 aliphatic heterocycles. The van der Waals surface area contributed by atoms with Gasteiger partial charge in [0.25, 0.3) is 5.91 Å². The van der Waals surface area contributed by atoms with E-state index in [1.807, 2.05) is 23.1 Å². The van der Waals surface area contributed by atoms with Crippen molar-refractivity contribution in [2.75, 3.05) is 24.6 Å². The molecule has 0 bridgehead atoms. The average molecular weight is 246 g/mol. The summed E-state index contributed by atoms with van der Waals surface area (Å²) >= 11 is 0. The summed E-state index contributed by atoms with van der Waals surface area (Å²) in [7, 11) is 0. The molecule has 1 aromatic rings. The first-order valence-corrected chi connectivity index (χ1v) is 6.50. The van der Waals surface area contributed by atoms with Gasteiger partial charge in [0.2, 0.25) is 0 Å². The number of amides is 1. The highest BCUT2D eigenvalue weighted by molar-refractivity contribution is 5.99. The number of carbonyl (C=O) groups is 1. The van der Waals surface area contributed by atoms with Crippen molar-refractivity contribution in [1.29, 1.82) is 0 Å². The molecule has 2 heterocycles. The van der Waals surface area contributed by atoms with Crippen LogP contribution in [0.4, 0.5) is 5.69 Å². The predicted octanol–water partition coefficient (Wildman–Crippen LogP) is 0.953. The smallest absolute Gasteiger partial charge is 0.257 e. The zero-order valence-electron chi connectivity index (χ0n) is 10.6. The Bertz CT molecular complexity index is 455. The molecule has 4 nitrogen and oxygen atoms in total. The van der Waals surface area contributed by atoms with Crippen molar-refractivity contribution in [1.82, 2.24) is 5.32 Å². The largest absolute Gasteiger partial charge is 0.366 e. The molecule has 0 unspecified atom stereocenters. The highest BCUT2D eigenvalue weighted by Gasteiger charge is 2.35. The maximum atomic E-state index is 12.5. The van der Waals surface area contributed by atoms with E-state index in [0.29, 0.717) is 13.2 Å². The molecule has 0 aliphatic carbocycles. The zero-order chi connectivity index (χ0) is 12.5. The maximum Gasteiger partial charge on any atom is 0.257 e. The van der Waals surface area contributed by atoms with Crippen LogP contribution in [0.5, 0.6) is 0 Å². The molecule has 96 valence electrons. The molecular formula is C14H18N2O2. The first kappa shape index (κ1) is 11.7. The van der Waals surface area contributed by atoms with Gasteiger partial charge in [-0.3, -0.25) is 4.79 Å². The number of anilines is 1. The first-order chi connectivity index (χ1) is 8.77. The van der Waals surface area contributed by atoms with Gasteiger partial charge in [-0.15, -0.1) is 0 Å². The summed E-state index contributed by atoms with van der Waals surface area (Å²) in [6.45, 7) is 4.15. The van der Waals surface area contributed by atoms with Crippen molar-refractivity contribution < 1.29 is 9.53 Å². The van der Waals surface area contributed by atoms with Crippen molar-refractivity contribution in [2.24, 2.45) is 0 Å². The number of fused-ring (bicyclic) bond motifs is 1. The highest BCUT2D eigenvalue weighted by atomic mass is 16.5. The Kier molecular flexibility index (Phi) is 3.06. The molecule has 2 atom stereocenters. The van der Waals surface area contributed by atoms with Gasteiger partial charge in [-0.05, 0) is 25.0 Å².